The molecule has 0 atom stereocenters. The van der Waals surface area contributed by atoms with Gasteiger partial charge in [-0.05, 0) is 43.2 Å². The summed E-state index contributed by atoms with van der Waals surface area (Å²) >= 11 is 1.41. The zero-order valence-corrected chi connectivity index (χ0v) is 20.5. The molecule has 1 aromatic carbocycles. The fourth-order valence-corrected chi connectivity index (χ4v) is 5.01. The summed E-state index contributed by atoms with van der Waals surface area (Å²) in [6, 6.07) is 15.0. The lowest BCUT2D eigenvalue weighted by Crippen LogP contribution is -2.47. The summed E-state index contributed by atoms with van der Waals surface area (Å²) in [6.45, 7) is 6.33. The van der Waals surface area contributed by atoms with Crippen LogP contribution in [-0.2, 0) is 12.1 Å². The summed E-state index contributed by atoms with van der Waals surface area (Å²) in [7, 11) is 0. The van der Waals surface area contributed by atoms with Gasteiger partial charge in [0, 0.05) is 37.6 Å². The molecule has 4 rings (SSSR count). The number of rotatable bonds is 7. The van der Waals surface area contributed by atoms with Crippen LogP contribution in [0.2, 0.25) is 0 Å². The predicted octanol–water partition coefficient (Wildman–Crippen LogP) is 3.68. The van der Waals surface area contributed by atoms with Crippen LogP contribution in [0.4, 0.5) is 15.6 Å². The molecule has 0 unspecified atom stereocenters. The van der Waals surface area contributed by atoms with Crippen molar-refractivity contribution in [1.29, 1.82) is 0 Å². The highest BCUT2D eigenvalue weighted by Crippen LogP contribution is 2.37. The van der Waals surface area contributed by atoms with Crippen molar-refractivity contribution in [3.63, 3.8) is 0 Å². The first-order chi connectivity index (χ1) is 16.6. The molecule has 2 aromatic heterocycles. The van der Waals surface area contributed by atoms with Gasteiger partial charge in [0.15, 0.2) is 0 Å². The number of hydrogen-bond donors (Lipinski definition) is 4. The lowest BCUT2D eigenvalue weighted by molar-refractivity contribution is 0.0786. The first-order valence-electron chi connectivity index (χ1n) is 11.3. The van der Waals surface area contributed by atoms with Crippen molar-refractivity contribution in [2.24, 2.45) is 5.73 Å². The Balaban J connectivity index is 1.50. The Bertz CT molecular complexity index is 1210. The lowest BCUT2D eigenvalue weighted by atomic mass is 9.97. The highest BCUT2D eigenvalue weighted by Gasteiger charge is 2.21. The Morgan fingerprint density at radius 2 is 1.80 bits per heavy atom. The highest BCUT2D eigenvalue weighted by atomic mass is 32.1. The maximum atomic E-state index is 12.1. The number of nitrogens with two attached hydrogens (primary N) is 1. The maximum Gasteiger partial charge on any atom is 0.407 e. The molecule has 0 radical (unpaired) electrons. The fraction of sp³-hybridized carbons (Fsp3) is 0.320. The molecular weight excluding hydrogens is 466 g/mol. The second-order valence-electron chi connectivity index (χ2n) is 9.04. The molecule has 3 heterocycles. The maximum absolute atomic E-state index is 12.1. The van der Waals surface area contributed by atoms with Crippen molar-refractivity contribution in [1.82, 2.24) is 14.8 Å². The van der Waals surface area contributed by atoms with Crippen LogP contribution >= 0.6 is 11.3 Å². The summed E-state index contributed by atoms with van der Waals surface area (Å²) in [6.07, 6.45) is -0.886. The van der Waals surface area contributed by atoms with Crippen LogP contribution in [0.5, 0.6) is 0 Å². The third-order valence-corrected chi connectivity index (χ3v) is 7.05. The number of hydrogen-bond acceptors (Lipinski definition) is 7. The van der Waals surface area contributed by atoms with E-state index in [1.54, 1.807) is 19.9 Å². The quantitative estimate of drug-likeness (QED) is 0.393. The van der Waals surface area contributed by atoms with Crippen molar-refractivity contribution in [2.75, 3.05) is 31.5 Å². The van der Waals surface area contributed by atoms with Gasteiger partial charge >= 0.3 is 6.09 Å². The molecule has 0 saturated carbocycles. The highest BCUT2D eigenvalue weighted by molar-refractivity contribution is 7.19. The Morgan fingerprint density at radius 3 is 2.40 bits per heavy atom. The monoisotopic (exact) mass is 495 g/mol. The number of aromatic nitrogens is 1. The second kappa shape index (κ2) is 10.0. The van der Waals surface area contributed by atoms with E-state index in [2.05, 4.69) is 15.2 Å². The van der Waals surface area contributed by atoms with Gasteiger partial charge in [-0.15, -0.1) is 11.3 Å². The summed E-state index contributed by atoms with van der Waals surface area (Å²) in [5.74, 6) is 0.0653. The van der Waals surface area contributed by atoms with Crippen LogP contribution in [-0.4, -0.2) is 63.2 Å². The third-order valence-electron chi connectivity index (χ3n) is 5.95. The number of primary amides is 1. The standard InChI is InChI=1S/C25H29N5O4S/c1-25(2,34)17-8-6-16(7-9-17)20-14-19(22(26)31)23(35-20)28-21-5-3-4-18(27-21)15-29-10-12-30(13-11-29)24(32)33/h3-9,14,34H,10-13,15H2,1-2H3,(H2,26,31)(H,27,28)(H,32,33). The Hall–Kier alpha value is -3.47. The number of carboxylic acid groups (broad SMARTS) is 1. The number of amides is 2. The van der Waals surface area contributed by atoms with Crippen LogP contribution in [0.25, 0.3) is 10.4 Å². The number of nitrogens with one attached hydrogen (secondary N) is 1. The topological polar surface area (TPSA) is 132 Å². The fourth-order valence-electron chi connectivity index (χ4n) is 3.93. The Morgan fingerprint density at radius 1 is 1.11 bits per heavy atom. The van der Waals surface area contributed by atoms with Gasteiger partial charge in [0.2, 0.25) is 0 Å². The Labute approximate surface area is 207 Å². The van der Waals surface area contributed by atoms with Gasteiger partial charge in [-0.25, -0.2) is 9.78 Å². The number of aliphatic hydroxyl groups is 1. The van der Waals surface area contributed by atoms with Crippen LogP contribution in [0.15, 0.2) is 48.5 Å². The van der Waals surface area contributed by atoms with Crippen LogP contribution in [0.3, 0.4) is 0 Å². The van der Waals surface area contributed by atoms with E-state index in [0.717, 1.165) is 21.7 Å². The molecule has 0 aliphatic carbocycles. The number of anilines is 2. The van der Waals surface area contributed by atoms with Gasteiger partial charge in [-0.3, -0.25) is 9.69 Å². The number of nitrogens with zero attached hydrogens (tertiary/aromatic N) is 3. The summed E-state index contributed by atoms with van der Waals surface area (Å²) in [5, 5.41) is 23.2. The van der Waals surface area contributed by atoms with Crippen molar-refractivity contribution >= 4 is 34.2 Å². The first kappa shape index (κ1) is 24.6. The molecule has 5 N–H and O–H groups in total. The lowest BCUT2D eigenvalue weighted by Gasteiger charge is -2.32. The van der Waals surface area contributed by atoms with Gasteiger partial charge in [0.25, 0.3) is 5.91 Å². The van der Waals surface area contributed by atoms with E-state index in [1.165, 1.54) is 16.2 Å². The normalized spacial score (nSPS) is 14.7. The molecule has 1 fully saturated rings. The minimum Gasteiger partial charge on any atom is -0.465 e. The second-order valence-corrected chi connectivity index (χ2v) is 10.1. The number of piperazine rings is 1. The smallest absolute Gasteiger partial charge is 0.407 e. The largest absolute Gasteiger partial charge is 0.465 e. The molecule has 1 saturated heterocycles. The number of thiophene rings is 1. The van der Waals surface area contributed by atoms with Gasteiger partial charge in [0.05, 0.1) is 16.9 Å². The summed E-state index contributed by atoms with van der Waals surface area (Å²) in [4.78, 5) is 32.4. The molecular formula is C25H29N5O4S. The van der Waals surface area contributed by atoms with Crippen molar-refractivity contribution < 1.29 is 19.8 Å². The summed E-state index contributed by atoms with van der Waals surface area (Å²) in [5.41, 5.74) is 7.67. The minimum atomic E-state index is -0.931. The number of pyridine rings is 1. The van der Waals surface area contributed by atoms with Gasteiger partial charge in [-0.2, -0.15) is 0 Å². The zero-order chi connectivity index (χ0) is 25.2. The number of carbonyl (C=O) groups is 2. The van der Waals surface area contributed by atoms with E-state index in [9.17, 15) is 14.7 Å². The minimum absolute atomic E-state index is 0.383. The number of carbonyl (C=O) groups excluding carboxylic acids is 1. The molecule has 35 heavy (non-hydrogen) atoms. The molecule has 184 valence electrons. The molecule has 1 aliphatic rings. The van der Waals surface area contributed by atoms with Gasteiger partial charge in [-0.1, -0.05) is 30.3 Å². The molecule has 10 heteroatoms. The van der Waals surface area contributed by atoms with Crippen molar-refractivity contribution in [2.45, 2.75) is 26.0 Å². The first-order valence-corrected chi connectivity index (χ1v) is 12.1. The van der Waals surface area contributed by atoms with Crippen LogP contribution in [0, 0.1) is 0 Å². The predicted molar refractivity (Wildman–Crippen MR) is 136 cm³/mol. The molecule has 0 spiro atoms. The average molecular weight is 496 g/mol. The molecule has 1 aliphatic heterocycles. The molecule has 3 aromatic rings. The van der Waals surface area contributed by atoms with E-state index in [1.807, 2.05) is 42.5 Å². The number of benzene rings is 1. The van der Waals surface area contributed by atoms with E-state index in [0.29, 0.717) is 49.1 Å². The zero-order valence-electron chi connectivity index (χ0n) is 19.7. The van der Waals surface area contributed by atoms with Crippen LogP contribution in [0.1, 0.15) is 35.5 Å². The Kier molecular flexibility index (Phi) is 7.06. The van der Waals surface area contributed by atoms with E-state index < -0.39 is 17.6 Å². The van der Waals surface area contributed by atoms with Crippen LogP contribution < -0.4 is 11.1 Å². The van der Waals surface area contributed by atoms with Crippen molar-refractivity contribution in [3.05, 3.63) is 65.4 Å². The average Bonchev–Trinajstić information content (AvgIpc) is 3.23. The molecule has 2 amide bonds. The third kappa shape index (κ3) is 5.97. The van der Waals surface area contributed by atoms with Gasteiger partial charge in [0.1, 0.15) is 10.8 Å². The molecule has 9 nitrogen and oxygen atoms in total. The van der Waals surface area contributed by atoms with E-state index in [-0.39, 0.29) is 0 Å². The molecule has 0 bridgehead atoms. The summed E-state index contributed by atoms with van der Waals surface area (Å²) < 4.78 is 0. The van der Waals surface area contributed by atoms with E-state index >= 15 is 0 Å². The van der Waals surface area contributed by atoms with Crippen molar-refractivity contribution in [3.8, 4) is 10.4 Å². The van der Waals surface area contributed by atoms with Gasteiger partial charge < -0.3 is 26.2 Å². The SMILES string of the molecule is CC(C)(O)c1ccc(-c2cc(C(N)=O)c(Nc3cccc(CN4CCN(C(=O)O)CC4)n3)s2)cc1. The van der Waals surface area contributed by atoms with E-state index in [4.69, 9.17) is 10.8 Å².